The summed E-state index contributed by atoms with van der Waals surface area (Å²) >= 11 is 5.00. The van der Waals surface area contributed by atoms with E-state index in [1.54, 1.807) is 30.6 Å². The summed E-state index contributed by atoms with van der Waals surface area (Å²) in [5, 5.41) is 3.55. The Hall–Kier alpha value is -1.64. The molecule has 1 N–H and O–H groups in total. The molecule has 1 aromatic carbocycles. The molecule has 0 spiro atoms. The van der Waals surface area contributed by atoms with Crippen molar-refractivity contribution < 1.29 is 14.3 Å². The standard InChI is InChI=1S/C18H22BrN3O3S/c1-4-22-7-6-13-15(10-22)26-18(20-13)21-17(23)11-8-12(19)16(25-5-2)14(9-11)24-3/h8-9H,4-7,10H2,1-3H3,(H,20,21,23). The van der Waals surface area contributed by atoms with Crippen molar-refractivity contribution in [2.24, 2.45) is 0 Å². The molecule has 140 valence electrons. The van der Waals surface area contributed by atoms with Gasteiger partial charge in [0.1, 0.15) is 0 Å². The summed E-state index contributed by atoms with van der Waals surface area (Å²) in [5.41, 5.74) is 1.58. The molecular weight excluding hydrogens is 418 g/mol. The molecular formula is C18H22BrN3O3S. The van der Waals surface area contributed by atoms with Crippen LogP contribution in [0.5, 0.6) is 11.5 Å². The Morgan fingerprint density at radius 2 is 2.23 bits per heavy atom. The molecule has 0 atom stereocenters. The first-order chi connectivity index (χ1) is 12.5. The summed E-state index contributed by atoms with van der Waals surface area (Å²) in [6.07, 6.45) is 0.929. The number of nitrogens with zero attached hydrogens (tertiary/aromatic N) is 2. The van der Waals surface area contributed by atoms with Gasteiger partial charge in [0.05, 0.1) is 23.9 Å². The lowest BCUT2D eigenvalue weighted by molar-refractivity contribution is 0.102. The second-order valence-corrected chi connectivity index (χ2v) is 7.82. The fraction of sp³-hybridized carbons (Fsp3) is 0.444. The number of fused-ring (bicyclic) bond motifs is 1. The molecule has 0 unspecified atom stereocenters. The van der Waals surface area contributed by atoms with E-state index in [0.717, 1.165) is 31.7 Å². The second kappa shape index (κ2) is 8.37. The molecule has 3 rings (SSSR count). The number of amides is 1. The number of thiazole rings is 1. The van der Waals surface area contributed by atoms with E-state index in [4.69, 9.17) is 9.47 Å². The predicted molar refractivity (Wildman–Crippen MR) is 107 cm³/mol. The van der Waals surface area contributed by atoms with Crippen LogP contribution in [-0.2, 0) is 13.0 Å². The molecule has 8 heteroatoms. The fourth-order valence-electron chi connectivity index (χ4n) is 2.88. The molecule has 0 aliphatic carbocycles. The molecule has 2 aromatic rings. The average Bonchev–Trinajstić information content (AvgIpc) is 3.04. The van der Waals surface area contributed by atoms with Gasteiger partial charge in [0.2, 0.25) is 0 Å². The second-order valence-electron chi connectivity index (χ2n) is 5.88. The van der Waals surface area contributed by atoms with Crippen molar-refractivity contribution in [3.8, 4) is 11.5 Å². The van der Waals surface area contributed by atoms with Gasteiger partial charge in [-0.3, -0.25) is 15.0 Å². The Morgan fingerprint density at radius 3 is 2.92 bits per heavy atom. The molecule has 1 aliphatic heterocycles. The van der Waals surface area contributed by atoms with Crippen molar-refractivity contribution in [2.45, 2.75) is 26.8 Å². The summed E-state index contributed by atoms with van der Waals surface area (Å²) in [7, 11) is 1.56. The molecule has 2 heterocycles. The number of ether oxygens (including phenoxy) is 2. The van der Waals surface area contributed by atoms with Crippen LogP contribution in [-0.4, -0.2) is 42.6 Å². The first kappa shape index (κ1) is 19.1. The number of likely N-dealkylation sites (N-methyl/N-ethyl adjacent to an activating group) is 1. The quantitative estimate of drug-likeness (QED) is 0.737. The van der Waals surface area contributed by atoms with E-state index >= 15 is 0 Å². The van der Waals surface area contributed by atoms with E-state index in [1.165, 1.54) is 4.88 Å². The third-order valence-corrected chi connectivity index (χ3v) is 5.85. The Balaban J connectivity index is 1.78. The van der Waals surface area contributed by atoms with Gasteiger partial charge in [0, 0.05) is 30.0 Å². The van der Waals surface area contributed by atoms with Crippen LogP contribution >= 0.6 is 27.3 Å². The number of benzene rings is 1. The molecule has 1 aliphatic rings. The van der Waals surface area contributed by atoms with Crippen molar-refractivity contribution in [1.29, 1.82) is 0 Å². The number of rotatable bonds is 6. The third kappa shape index (κ3) is 4.02. The number of anilines is 1. The van der Waals surface area contributed by atoms with Crippen LogP contribution in [0.3, 0.4) is 0 Å². The fourth-order valence-corrected chi connectivity index (χ4v) is 4.48. The molecule has 1 aromatic heterocycles. The Kier molecular flexibility index (Phi) is 6.16. The molecule has 0 radical (unpaired) electrons. The number of carbonyl (C=O) groups excluding carboxylic acids is 1. The van der Waals surface area contributed by atoms with Gasteiger partial charge in [-0.15, -0.1) is 11.3 Å². The van der Waals surface area contributed by atoms with E-state index in [-0.39, 0.29) is 5.91 Å². The lowest BCUT2D eigenvalue weighted by Gasteiger charge is -2.23. The Bertz CT molecular complexity index is 809. The highest BCUT2D eigenvalue weighted by atomic mass is 79.9. The summed E-state index contributed by atoms with van der Waals surface area (Å²) in [4.78, 5) is 20.9. The van der Waals surface area contributed by atoms with E-state index in [9.17, 15) is 4.79 Å². The highest BCUT2D eigenvalue weighted by molar-refractivity contribution is 9.10. The zero-order valence-electron chi connectivity index (χ0n) is 15.1. The van der Waals surface area contributed by atoms with Crippen LogP contribution in [0.25, 0.3) is 0 Å². The minimum atomic E-state index is -0.217. The third-order valence-electron chi connectivity index (χ3n) is 4.26. The highest BCUT2D eigenvalue weighted by Gasteiger charge is 2.21. The van der Waals surface area contributed by atoms with Crippen LogP contribution in [0.2, 0.25) is 0 Å². The van der Waals surface area contributed by atoms with Crippen molar-refractivity contribution in [3.05, 3.63) is 32.7 Å². The molecule has 6 nitrogen and oxygen atoms in total. The SMILES string of the molecule is CCOc1c(Br)cc(C(=O)Nc2nc3c(s2)CN(CC)CC3)cc1OC. The van der Waals surface area contributed by atoms with Gasteiger partial charge < -0.3 is 9.47 Å². The van der Waals surface area contributed by atoms with E-state index < -0.39 is 0 Å². The zero-order valence-corrected chi connectivity index (χ0v) is 17.5. The number of methoxy groups -OCH3 is 1. The lowest BCUT2D eigenvalue weighted by Crippen LogP contribution is -2.29. The minimum absolute atomic E-state index is 0.217. The van der Waals surface area contributed by atoms with Crippen LogP contribution in [0.15, 0.2) is 16.6 Å². The minimum Gasteiger partial charge on any atom is -0.493 e. The monoisotopic (exact) mass is 439 g/mol. The average molecular weight is 440 g/mol. The smallest absolute Gasteiger partial charge is 0.257 e. The topological polar surface area (TPSA) is 63.7 Å². The van der Waals surface area contributed by atoms with Gasteiger partial charge >= 0.3 is 0 Å². The van der Waals surface area contributed by atoms with Crippen LogP contribution in [0, 0.1) is 0 Å². The van der Waals surface area contributed by atoms with E-state index in [2.05, 4.69) is 38.1 Å². The van der Waals surface area contributed by atoms with Crippen molar-refractivity contribution in [2.75, 3.05) is 32.1 Å². The summed E-state index contributed by atoms with van der Waals surface area (Å²) in [6, 6.07) is 3.41. The highest BCUT2D eigenvalue weighted by Crippen LogP contribution is 2.37. The van der Waals surface area contributed by atoms with Crippen molar-refractivity contribution in [3.63, 3.8) is 0 Å². The maximum Gasteiger partial charge on any atom is 0.257 e. The maximum absolute atomic E-state index is 12.7. The van der Waals surface area contributed by atoms with Gasteiger partial charge in [0.25, 0.3) is 5.91 Å². The van der Waals surface area contributed by atoms with Gasteiger partial charge in [-0.2, -0.15) is 0 Å². The van der Waals surface area contributed by atoms with Crippen molar-refractivity contribution in [1.82, 2.24) is 9.88 Å². The first-order valence-electron chi connectivity index (χ1n) is 8.58. The number of nitrogens with one attached hydrogen (secondary N) is 1. The van der Waals surface area contributed by atoms with Crippen LogP contribution in [0.4, 0.5) is 5.13 Å². The normalized spacial score (nSPS) is 14.0. The first-order valence-corrected chi connectivity index (χ1v) is 10.2. The van der Waals surface area contributed by atoms with Gasteiger partial charge in [-0.1, -0.05) is 6.92 Å². The summed E-state index contributed by atoms with van der Waals surface area (Å²) in [5.74, 6) is 0.893. The van der Waals surface area contributed by atoms with Crippen molar-refractivity contribution >= 4 is 38.3 Å². The number of hydrogen-bond donors (Lipinski definition) is 1. The maximum atomic E-state index is 12.7. The Morgan fingerprint density at radius 1 is 1.42 bits per heavy atom. The van der Waals surface area contributed by atoms with E-state index in [0.29, 0.717) is 33.3 Å². The molecule has 1 amide bonds. The number of halogens is 1. The molecule has 26 heavy (non-hydrogen) atoms. The van der Waals surface area contributed by atoms with Crippen LogP contribution < -0.4 is 14.8 Å². The van der Waals surface area contributed by atoms with Gasteiger partial charge in [-0.25, -0.2) is 4.98 Å². The molecule has 0 fully saturated rings. The number of aromatic nitrogens is 1. The Labute approximate surface area is 165 Å². The number of carbonyl (C=O) groups is 1. The van der Waals surface area contributed by atoms with Gasteiger partial charge in [-0.05, 0) is 41.5 Å². The summed E-state index contributed by atoms with van der Waals surface area (Å²) < 4.78 is 11.6. The number of hydrogen-bond acceptors (Lipinski definition) is 6. The zero-order chi connectivity index (χ0) is 18.7. The summed E-state index contributed by atoms with van der Waals surface area (Å²) in [6.45, 7) is 7.52. The molecule has 0 saturated carbocycles. The van der Waals surface area contributed by atoms with Crippen LogP contribution in [0.1, 0.15) is 34.8 Å². The lowest BCUT2D eigenvalue weighted by atomic mass is 10.2. The van der Waals surface area contributed by atoms with E-state index in [1.807, 2.05) is 6.92 Å². The molecule has 0 bridgehead atoms. The predicted octanol–water partition coefficient (Wildman–Crippen LogP) is 3.94. The molecule has 0 saturated heterocycles. The van der Waals surface area contributed by atoms with Gasteiger partial charge in [0.15, 0.2) is 16.6 Å². The largest absolute Gasteiger partial charge is 0.493 e.